The summed E-state index contributed by atoms with van der Waals surface area (Å²) in [5.41, 5.74) is 13.1. The molecule has 0 fully saturated rings. The van der Waals surface area contributed by atoms with Gasteiger partial charge in [0.25, 0.3) is 11.6 Å². The third kappa shape index (κ3) is 8.81. The highest BCUT2D eigenvalue weighted by molar-refractivity contribution is 5.99. The number of benzene rings is 3. The first-order valence-corrected chi connectivity index (χ1v) is 12.5. The van der Waals surface area contributed by atoms with Gasteiger partial charge in [-0.25, -0.2) is 0 Å². The maximum absolute atomic E-state index is 12.8. The molecular formula is C28H31N5O7. The number of hydrogen-bond donors (Lipinski definition) is 5. The van der Waals surface area contributed by atoms with E-state index in [0.717, 1.165) is 5.56 Å². The Morgan fingerprint density at radius 1 is 0.975 bits per heavy atom. The number of nitrogens with two attached hydrogens (primary N) is 2. The molecule has 3 aromatic rings. The number of aromatic hydroxyl groups is 1. The van der Waals surface area contributed by atoms with Gasteiger partial charge in [0.1, 0.15) is 11.5 Å². The van der Waals surface area contributed by atoms with Crippen LogP contribution in [0.5, 0.6) is 11.5 Å². The Kier molecular flexibility index (Phi) is 10.5. The summed E-state index contributed by atoms with van der Waals surface area (Å²) < 4.78 is 5.82. The number of unbranched alkanes of at least 4 members (excludes halogenated alkanes) is 1. The van der Waals surface area contributed by atoms with Gasteiger partial charge in [-0.2, -0.15) is 0 Å². The topological polar surface area (TPSA) is 200 Å². The monoisotopic (exact) mass is 549 g/mol. The molecule has 40 heavy (non-hydrogen) atoms. The largest absolute Gasteiger partial charge is 0.508 e. The zero-order chi connectivity index (χ0) is 29.1. The van der Waals surface area contributed by atoms with Crippen molar-refractivity contribution in [1.29, 1.82) is 0 Å². The van der Waals surface area contributed by atoms with Gasteiger partial charge >= 0.3 is 0 Å². The number of phenolic OH excluding ortho intramolecular Hbond substituents is 1. The summed E-state index contributed by atoms with van der Waals surface area (Å²) in [5.74, 6) is -1.19. The van der Waals surface area contributed by atoms with Crippen LogP contribution in [-0.2, 0) is 16.0 Å². The summed E-state index contributed by atoms with van der Waals surface area (Å²) in [7, 11) is 0. The molecule has 0 radical (unpaired) electrons. The number of rotatable bonds is 14. The minimum absolute atomic E-state index is 0.0917. The van der Waals surface area contributed by atoms with E-state index in [1.807, 2.05) is 0 Å². The highest BCUT2D eigenvalue weighted by Gasteiger charge is 2.17. The van der Waals surface area contributed by atoms with Gasteiger partial charge in [-0.3, -0.25) is 24.5 Å². The number of nitrogens with one attached hydrogen (secondary N) is 2. The van der Waals surface area contributed by atoms with Crippen LogP contribution >= 0.6 is 0 Å². The molecule has 0 saturated heterocycles. The van der Waals surface area contributed by atoms with Crippen LogP contribution in [0, 0.1) is 10.1 Å². The molecule has 3 rings (SSSR count). The number of nitro groups is 1. The number of hydrogen-bond acceptors (Lipinski definition) is 8. The average Bonchev–Trinajstić information content (AvgIpc) is 2.94. The Bertz CT molecular complexity index is 1360. The zero-order valence-corrected chi connectivity index (χ0v) is 21.7. The van der Waals surface area contributed by atoms with Crippen LogP contribution in [0.4, 0.5) is 5.69 Å². The molecule has 0 heterocycles. The van der Waals surface area contributed by atoms with E-state index in [1.165, 1.54) is 30.3 Å². The van der Waals surface area contributed by atoms with Crippen molar-refractivity contribution in [3.8, 4) is 22.6 Å². The fourth-order valence-electron chi connectivity index (χ4n) is 3.81. The lowest BCUT2D eigenvalue weighted by molar-refractivity contribution is -0.384. The molecule has 0 spiro atoms. The molecule has 0 unspecified atom stereocenters. The van der Waals surface area contributed by atoms with Gasteiger partial charge in [0.15, 0.2) is 0 Å². The minimum atomic E-state index is -0.730. The van der Waals surface area contributed by atoms with Crippen molar-refractivity contribution in [2.24, 2.45) is 11.5 Å². The van der Waals surface area contributed by atoms with E-state index in [-0.39, 0.29) is 41.8 Å². The first kappa shape index (κ1) is 29.6. The predicted molar refractivity (Wildman–Crippen MR) is 148 cm³/mol. The summed E-state index contributed by atoms with van der Waals surface area (Å²) in [4.78, 5) is 46.8. The van der Waals surface area contributed by atoms with Crippen LogP contribution in [0.2, 0.25) is 0 Å². The second-order valence-corrected chi connectivity index (χ2v) is 8.99. The molecule has 0 aliphatic carbocycles. The van der Waals surface area contributed by atoms with E-state index < -0.39 is 22.8 Å². The van der Waals surface area contributed by atoms with E-state index >= 15 is 0 Å². The third-order valence-electron chi connectivity index (χ3n) is 5.89. The van der Waals surface area contributed by atoms with Crippen LogP contribution in [0.1, 0.15) is 28.8 Å². The number of carbonyl (C=O) groups excluding carboxylic acids is 3. The molecule has 3 amide bonds. The molecule has 0 bridgehead atoms. The van der Waals surface area contributed by atoms with Crippen molar-refractivity contribution in [3.63, 3.8) is 0 Å². The molecule has 3 aromatic carbocycles. The van der Waals surface area contributed by atoms with Gasteiger partial charge in [0.2, 0.25) is 11.8 Å². The predicted octanol–water partition coefficient (Wildman–Crippen LogP) is 2.03. The summed E-state index contributed by atoms with van der Waals surface area (Å²) in [6, 6.07) is 16.5. The van der Waals surface area contributed by atoms with Crippen molar-refractivity contribution < 1.29 is 29.2 Å². The van der Waals surface area contributed by atoms with E-state index in [1.54, 1.807) is 36.4 Å². The van der Waals surface area contributed by atoms with Crippen LogP contribution in [-0.4, -0.2) is 53.5 Å². The molecule has 1 atom stereocenters. The molecule has 12 nitrogen and oxygen atoms in total. The van der Waals surface area contributed by atoms with Gasteiger partial charge in [-0.1, -0.05) is 30.3 Å². The van der Waals surface area contributed by atoms with Crippen LogP contribution in [0.15, 0.2) is 66.7 Å². The standard InChI is InChI=1S/C28H31N5O7/c29-24(14-18-6-9-22(34)10-7-18)28(37)31-12-1-2-13-40-25-11-8-20(16-23(25)27(36)32-17-26(30)35)19-4-3-5-21(15-19)33(38)39/h3-11,15-16,24,34H,1-2,12-14,17,29H2,(H2,30,35)(H,31,37)(H,32,36)/t24-/m0/s1. The van der Waals surface area contributed by atoms with Gasteiger partial charge < -0.3 is 31.9 Å². The number of primary amides is 1. The van der Waals surface area contributed by atoms with Crippen molar-refractivity contribution >= 4 is 23.4 Å². The molecule has 0 saturated carbocycles. The Balaban J connectivity index is 1.56. The maximum Gasteiger partial charge on any atom is 0.270 e. The Labute approximate surface area is 230 Å². The molecule has 210 valence electrons. The fraction of sp³-hybridized carbons (Fsp3) is 0.250. The van der Waals surface area contributed by atoms with Crippen molar-refractivity contribution in [3.05, 3.63) is 88.0 Å². The number of non-ortho nitro benzene ring substituents is 1. The van der Waals surface area contributed by atoms with Crippen molar-refractivity contribution in [2.45, 2.75) is 25.3 Å². The molecule has 12 heteroatoms. The Morgan fingerprint density at radius 2 is 1.70 bits per heavy atom. The van der Waals surface area contributed by atoms with E-state index in [0.29, 0.717) is 36.9 Å². The smallest absolute Gasteiger partial charge is 0.270 e. The zero-order valence-electron chi connectivity index (χ0n) is 21.7. The molecule has 0 aromatic heterocycles. The normalized spacial score (nSPS) is 11.3. The van der Waals surface area contributed by atoms with Crippen molar-refractivity contribution in [2.75, 3.05) is 19.7 Å². The maximum atomic E-state index is 12.8. The van der Waals surface area contributed by atoms with Crippen molar-refractivity contribution in [1.82, 2.24) is 10.6 Å². The number of carbonyl (C=O) groups is 3. The molecule has 7 N–H and O–H groups in total. The SMILES string of the molecule is NC(=O)CNC(=O)c1cc(-c2cccc([N+](=O)[O-])c2)ccc1OCCCCNC(=O)[C@@H](N)Cc1ccc(O)cc1. The lowest BCUT2D eigenvalue weighted by Gasteiger charge is -2.14. The van der Waals surface area contributed by atoms with E-state index in [9.17, 15) is 29.6 Å². The third-order valence-corrected chi connectivity index (χ3v) is 5.89. The van der Waals surface area contributed by atoms with Crippen LogP contribution in [0.25, 0.3) is 11.1 Å². The second-order valence-electron chi connectivity index (χ2n) is 8.99. The van der Waals surface area contributed by atoms with Crippen LogP contribution in [0.3, 0.4) is 0 Å². The fourth-order valence-corrected chi connectivity index (χ4v) is 3.81. The van der Waals surface area contributed by atoms with Gasteiger partial charge in [0, 0.05) is 18.7 Å². The van der Waals surface area contributed by atoms with Gasteiger partial charge in [0.05, 0.1) is 29.7 Å². The number of nitrogens with zero attached hydrogens (tertiary/aromatic N) is 1. The number of amides is 3. The molecular weight excluding hydrogens is 518 g/mol. The highest BCUT2D eigenvalue weighted by atomic mass is 16.6. The highest BCUT2D eigenvalue weighted by Crippen LogP contribution is 2.29. The Hall–Kier alpha value is -4.97. The first-order valence-electron chi connectivity index (χ1n) is 12.5. The van der Waals surface area contributed by atoms with Gasteiger partial charge in [-0.05, 0) is 60.2 Å². The number of phenols is 1. The average molecular weight is 550 g/mol. The number of ether oxygens (including phenoxy) is 1. The lowest BCUT2D eigenvalue weighted by Crippen LogP contribution is -2.42. The van der Waals surface area contributed by atoms with Gasteiger partial charge in [-0.15, -0.1) is 0 Å². The van der Waals surface area contributed by atoms with Crippen LogP contribution < -0.4 is 26.8 Å². The first-order chi connectivity index (χ1) is 19.1. The number of nitro benzene ring substituents is 1. The molecule has 0 aliphatic heterocycles. The minimum Gasteiger partial charge on any atom is -0.508 e. The Morgan fingerprint density at radius 3 is 2.40 bits per heavy atom. The summed E-state index contributed by atoms with van der Waals surface area (Å²) >= 11 is 0. The van der Waals surface area contributed by atoms with E-state index in [4.69, 9.17) is 16.2 Å². The lowest BCUT2D eigenvalue weighted by atomic mass is 10.0. The summed E-state index contributed by atoms with van der Waals surface area (Å²) in [6.07, 6.45) is 1.48. The second kappa shape index (κ2) is 14.3. The quantitative estimate of drug-likeness (QED) is 0.114. The summed E-state index contributed by atoms with van der Waals surface area (Å²) in [5, 5.41) is 25.7. The summed E-state index contributed by atoms with van der Waals surface area (Å²) in [6.45, 7) is 0.249. The molecule has 0 aliphatic rings. The van der Waals surface area contributed by atoms with E-state index in [2.05, 4.69) is 10.6 Å².